The van der Waals surface area contributed by atoms with Crippen LogP contribution >= 0.6 is 0 Å². The van der Waals surface area contributed by atoms with E-state index in [1.165, 1.54) is 6.07 Å². The van der Waals surface area contributed by atoms with Crippen LogP contribution in [0.5, 0.6) is 0 Å². The zero-order chi connectivity index (χ0) is 41.2. The van der Waals surface area contributed by atoms with E-state index in [4.69, 9.17) is 15.0 Å². The maximum absolute atomic E-state index is 14.1. The van der Waals surface area contributed by atoms with Crippen LogP contribution in [-0.4, -0.2) is 29.1 Å². The zero-order valence-corrected chi connectivity index (χ0v) is 32.6. The number of hydrogen-bond acceptors (Lipinski definition) is 4. The second kappa shape index (κ2) is 14.1. The summed E-state index contributed by atoms with van der Waals surface area (Å²) in [6.07, 6.45) is -0.957. The third-order valence-electron chi connectivity index (χ3n) is 11.4. The first-order valence-corrected chi connectivity index (χ1v) is 19.9. The highest BCUT2D eigenvalue weighted by atomic mass is 19.4. The number of nitrogens with zero attached hydrogens (tertiary/aromatic N) is 6. The van der Waals surface area contributed by atoms with Gasteiger partial charge in [0.15, 0.2) is 17.5 Å². The Kier molecular flexibility index (Phi) is 8.38. The summed E-state index contributed by atoms with van der Waals surface area (Å²) in [5.41, 5.74) is 9.63. The van der Waals surface area contributed by atoms with Gasteiger partial charge in [0.25, 0.3) is 0 Å². The van der Waals surface area contributed by atoms with Crippen molar-refractivity contribution < 1.29 is 13.2 Å². The molecule has 9 heteroatoms. The fourth-order valence-corrected chi connectivity index (χ4v) is 8.57. The summed E-state index contributed by atoms with van der Waals surface area (Å²) in [4.78, 5) is 19.7. The molecule has 11 rings (SSSR count). The van der Waals surface area contributed by atoms with Gasteiger partial charge in [-0.05, 0) is 73.7 Å². The Bertz CT molecular complexity index is 3420. The highest BCUT2D eigenvalue weighted by Crippen LogP contribution is 2.43. The van der Waals surface area contributed by atoms with E-state index in [-0.39, 0.29) is 0 Å². The highest BCUT2D eigenvalue weighted by molar-refractivity contribution is 6.11. The van der Waals surface area contributed by atoms with E-state index < -0.39 is 11.7 Å². The first-order valence-electron chi connectivity index (χ1n) is 19.9. The van der Waals surface area contributed by atoms with Crippen molar-refractivity contribution in [3.05, 3.63) is 193 Å². The smallest absolute Gasteiger partial charge is 0.309 e. The molecule has 0 amide bonds. The van der Waals surface area contributed by atoms with Crippen LogP contribution in [0.25, 0.3) is 100 Å². The third-order valence-corrected chi connectivity index (χ3v) is 11.4. The van der Waals surface area contributed by atoms with Crippen molar-refractivity contribution in [3.8, 4) is 56.7 Å². The summed E-state index contributed by atoms with van der Waals surface area (Å²) in [6.45, 7) is 2.10. The lowest BCUT2D eigenvalue weighted by molar-refractivity contribution is -0.137. The minimum Gasteiger partial charge on any atom is -0.309 e. The van der Waals surface area contributed by atoms with Crippen molar-refractivity contribution in [2.75, 3.05) is 0 Å². The molecular weight excluding hydrogens is 766 g/mol. The predicted molar refractivity (Wildman–Crippen MR) is 238 cm³/mol. The lowest BCUT2D eigenvalue weighted by Crippen LogP contribution is -2.05. The first kappa shape index (κ1) is 36.2. The first-order chi connectivity index (χ1) is 29.8. The number of pyridine rings is 1. The van der Waals surface area contributed by atoms with Crippen molar-refractivity contribution in [3.63, 3.8) is 0 Å². The van der Waals surface area contributed by atoms with E-state index in [0.717, 1.165) is 72.5 Å². The van der Waals surface area contributed by atoms with Gasteiger partial charge in [0.1, 0.15) is 0 Å². The molecule has 0 unspecified atom stereocenters. The fraction of sp³-hybridized carbons (Fsp3) is 0.0385. The number of benzene rings is 7. The highest BCUT2D eigenvalue weighted by Gasteiger charge is 2.31. The molecule has 11 aromatic rings. The molecule has 6 nitrogen and oxygen atoms in total. The third kappa shape index (κ3) is 6.12. The van der Waals surface area contributed by atoms with Crippen molar-refractivity contribution in [2.45, 2.75) is 13.1 Å². The average molecular weight is 799 g/mol. The van der Waals surface area contributed by atoms with Gasteiger partial charge in [-0.15, -0.1) is 0 Å². The Morgan fingerprint density at radius 1 is 0.426 bits per heavy atom. The number of para-hydroxylation sites is 2. The van der Waals surface area contributed by atoms with Crippen LogP contribution in [0.15, 0.2) is 182 Å². The van der Waals surface area contributed by atoms with Gasteiger partial charge < -0.3 is 9.13 Å². The minimum atomic E-state index is -4.50. The molecule has 0 aliphatic heterocycles. The average Bonchev–Trinajstić information content (AvgIpc) is 3.81. The molecule has 0 atom stereocenters. The van der Waals surface area contributed by atoms with E-state index in [9.17, 15) is 13.2 Å². The van der Waals surface area contributed by atoms with E-state index in [2.05, 4.69) is 65.0 Å². The Balaban J connectivity index is 1.22. The van der Waals surface area contributed by atoms with Crippen LogP contribution in [0.2, 0.25) is 0 Å². The van der Waals surface area contributed by atoms with Crippen molar-refractivity contribution in [1.29, 1.82) is 0 Å². The molecule has 0 saturated carbocycles. The quantitative estimate of drug-likeness (QED) is 0.168. The largest absolute Gasteiger partial charge is 0.416 e. The number of hydrogen-bond donors (Lipinski definition) is 0. The number of halogens is 3. The lowest BCUT2D eigenvalue weighted by Gasteiger charge is -2.19. The summed E-state index contributed by atoms with van der Waals surface area (Å²) >= 11 is 0. The lowest BCUT2D eigenvalue weighted by atomic mass is 9.99. The molecule has 0 N–H and O–H groups in total. The fourth-order valence-electron chi connectivity index (χ4n) is 8.57. The molecule has 0 fully saturated rings. The predicted octanol–water partition coefficient (Wildman–Crippen LogP) is 13.5. The van der Waals surface area contributed by atoms with Gasteiger partial charge in [0, 0.05) is 55.6 Å². The number of fused-ring (bicyclic) bond motifs is 6. The maximum Gasteiger partial charge on any atom is 0.416 e. The van der Waals surface area contributed by atoms with Crippen LogP contribution in [0, 0.1) is 6.92 Å². The van der Waals surface area contributed by atoms with E-state index in [0.29, 0.717) is 39.4 Å². The Hall–Kier alpha value is -7.91. The van der Waals surface area contributed by atoms with Gasteiger partial charge in [-0.1, -0.05) is 109 Å². The van der Waals surface area contributed by atoms with Crippen molar-refractivity contribution in [2.24, 2.45) is 0 Å². The number of rotatable bonds is 6. The molecule has 0 saturated heterocycles. The normalized spacial score (nSPS) is 11.9. The second-order valence-corrected chi connectivity index (χ2v) is 15.1. The SMILES string of the molecule is Cc1ccc2c(c1)c1ccccc1n2-c1ccc(-c2nc(-c3ccccc3)nc(-c3ccccc3)n2)cc1-c1ccncc1-n1c2ccccc2c2cc(C(F)(F)F)ccc21. The molecule has 0 aliphatic carbocycles. The summed E-state index contributed by atoms with van der Waals surface area (Å²) < 4.78 is 46.7. The van der Waals surface area contributed by atoms with Gasteiger partial charge in [-0.2, -0.15) is 13.2 Å². The van der Waals surface area contributed by atoms with Crippen LogP contribution in [0.1, 0.15) is 11.1 Å². The monoisotopic (exact) mass is 798 g/mol. The molecule has 4 heterocycles. The van der Waals surface area contributed by atoms with Crippen LogP contribution in [0.3, 0.4) is 0 Å². The summed E-state index contributed by atoms with van der Waals surface area (Å²) in [7, 11) is 0. The molecule has 7 aromatic carbocycles. The zero-order valence-electron chi connectivity index (χ0n) is 32.6. The Morgan fingerprint density at radius 3 is 1.57 bits per heavy atom. The molecule has 61 heavy (non-hydrogen) atoms. The van der Waals surface area contributed by atoms with Crippen molar-refractivity contribution in [1.82, 2.24) is 29.1 Å². The Labute approximate surface area is 347 Å². The molecule has 4 aromatic heterocycles. The maximum atomic E-state index is 14.1. The molecule has 292 valence electrons. The van der Waals surface area contributed by atoms with Crippen LogP contribution in [-0.2, 0) is 6.18 Å². The number of alkyl halides is 3. The summed E-state index contributed by atoms with van der Waals surface area (Å²) in [5, 5.41) is 3.45. The van der Waals surface area contributed by atoms with E-state index in [1.54, 1.807) is 18.5 Å². The minimum absolute atomic E-state index is 0.491. The van der Waals surface area contributed by atoms with Crippen LogP contribution < -0.4 is 0 Å². The standard InChI is InChI=1S/C52H33F3N6/c1-32-20-23-45-40(28-32)37-16-8-10-18-43(37)60(45)46-24-21-35(51-58-49(33-12-4-2-5-13-33)57-50(59-51)34-14-6-3-7-15-34)29-41(46)39-26-27-56-31-48(39)61-44-19-11-9-17-38(44)42-30-36(52(53,54)55)22-25-47(42)61/h2-31H,1H3. The van der Waals surface area contributed by atoms with Crippen molar-refractivity contribution >= 4 is 43.6 Å². The topological polar surface area (TPSA) is 61.4 Å². The van der Waals surface area contributed by atoms with E-state index in [1.807, 2.05) is 108 Å². The molecule has 0 aliphatic rings. The van der Waals surface area contributed by atoms with Gasteiger partial charge in [-0.3, -0.25) is 4.98 Å². The second-order valence-electron chi connectivity index (χ2n) is 15.1. The van der Waals surface area contributed by atoms with Gasteiger partial charge in [0.2, 0.25) is 0 Å². The molecule has 0 radical (unpaired) electrons. The molecular formula is C52H33F3N6. The molecule has 0 bridgehead atoms. The summed E-state index contributed by atoms with van der Waals surface area (Å²) in [5.74, 6) is 1.58. The van der Waals surface area contributed by atoms with Crippen LogP contribution in [0.4, 0.5) is 13.2 Å². The van der Waals surface area contributed by atoms with Gasteiger partial charge in [-0.25, -0.2) is 15.0 Å². The number of aromatic nitrogens is 6. The van der Waals surface area contributed by atoms with E-state index >= 15 is 0 Å². The van der Waals surface area contributed by atoms with Gasteiger partial charge in [0.05, 0.1) is 45.2 Å². The summed E-state index contributed by atoms with van der Waals surface area (Å²) in [6, 6.07) is 54.3. The number of aryl methyl sites for hydroxylation is 1. The molecule has 0 spiro atoms. The van der Waals surface area contributed by atoms with Gasteiger partial charge >= 0.3 is 6.18 Å². The Morgan fingerprint density at radius 2 is 0.951 bits per heavy atom.